The van der Waals surface area contributed by atoms with Gasteiger partial charge in [-0.05, 0) is 13.8 Å². The van der Waals surface area contributed by atoms with Crippen molar-refractivity contribution in [1.82, 2.24) is 0 Å². The number of hydrogen-bond donors (Lipinski definition) is 0. The predicted molar refractivity (Wildman–Crippen MR) is 24.2 cm³/mol. The van der Waals surface area contributed by atoms with Crippen LogP contribution in [-0.4, -0.2) is 12.2 Å². The average molecular weight is 76.1 g/mol. The summed E-state index contributed by atoms with van der Waals surface area (Å²) in [6.07, 6.45) is 1.10. The van der Waals surface area contributed by atoms with Crippen LogP contribution in [0.5, 0.6) is 0 Å². The van der Waals surface area contributed by atoms with Crippen molar-refractivity contribution in [3.63, 3.8) is 0 Å². The largest absolute Gasteiger partial charge is 0.370 e. The van der Waals surface area contributed by atoms with Gasteiger partial charge in [0.25, 0.3) is 0 Å². The van der Waals surface area contributed by atoms with Crippen molar-refractivity contribution in [3.8, 4) is 0 Å². The first-order valence-corrected chi connectivity index (χ1v) is 1.96. The fourth-order valence-corrected chi connectivity index (χ4v) is 0.293. The smallest absolute Gasteiger partial charge is 0.0811 e. The first-order chi connectivity index (χ1) is 2.30. The van der Waals surface area contributed by atoms with Crippen molar-refractivity contribution < 1.29 is 7.59 Å². The highest BCUT2D eigenvalue weighted by Crippen LogP contribution is 2.18. The van der Waals surface area contributed by atoms with Gasteiger partial charge in [0.05, 0.1) is 12.2 Å². The minimum atomic E-state index is 0. The zero-order chi connectivity index (χ0) is 3.86. The Morgan fingerprint density at radius 1 is 1.40 bits per heavy atom. The Kier molecular flexibility index (Phi) is 0.453. The van der Waals surface area contributed by atoms with Gasteiger partial charge in [-0.2, -0.15) is 0 Å². The molecule has 0 radical (unpaired) electrons. The molecule has 1 rings (SSSR count). The van der Waals surface area contributed by atoms with Gasteiger partial charge in [0.2, 0.25) is 0 Å². The molecule has 2 atom stereocenters. The van der Waals surface area contributed by atoms with Crippen LogP contribution in [-0.2, 0) is 4.74 Å². The van der Waals surface area contributed by atoms with Crippen LogP contribution >= 0.6 is 0 Å². The molecule has 34 valence electrons. The van der Waals surface area contributed by atoms with Crippen LogP contribution in [0.2, 0.25) is 0 Å². The van der Waals surface area contributed by atoms with Crippen molar-refractivity contribution in [1.29, 1.82) is 0 Å². The summed E-state index contributed by atoms with van der Waals surface area (Å²) in [7, 11) is 0. The Balaban J connectivity index is 0. The van der Waals surface area contributed by atoms with Crippen molar-refractivity contribution in [2.75, 3.05) is 0 Å². The topological polar surface area (TPSA) is 12.5 Å². The molecule has 5 heavy (non-hydrogen) atoms. The Hall–Kier alpha value is -0.0400. The summed E-state index contributed by atoms with van der Waals surface area (Å²) >= 11 is 0. The van der Waals surface area contributed by atoms with Gasteiger partial charge in [-0.1, -0.05) is 0 Å². The zero-order valence-electron chi connectivity index (χ0n) is 3.56. The van der Waals surface area contributed by atoms with E-state index >= 15 is 0 Å². The van der Waals surface area contributed by atoms with E-state index in [0.29, 0.717) is 12.2 Å². The van der Waals surface area contributed by atoms with E-state index in [1.807, 2.05) is 0 Å². The second kappa shape index (κ2) is 0.716. The first kappa shape index (κ1) is 3.16. The van der Waals surface area contributed by atoms with E-state index in [4.69, 9.17) is 4.74 Å². The molecule has 0 saturated carbocycles. The average Bonchev–Trinajstić information content (AvgIpc) is 1.79. The molecule has 1 heterocycles. The maximum atomic E-state index is 4.92. The van der Waals surface area contributed by atoms with E-state index in [1.165, 1.54) is 0 Å². The second-order valence-corrected chi connectivity index (χ2v) is 1.55. The van der Waals surface area contributed by atoms with E-state index < -0.39 is 0 Å². The van der Waals surface area contributed by atoms with Gasteiger partial charge in [-0.3, -0.25) is 0 Å². The molecular weight excluding hydrogens is 64.0 g/mol. The normalized spacial score (nSPS) is 49.2. The third-order valence-electron chi connectivity index (χ3n) is 1.01. The lowest BCUT2D eigenvalue weighted by Crippen LogP contribution is -1.74. The summed E-state index contributed by atoms with van der Waals surface area (Å²) in [5.74, 6) is 0. The van der Waals surface area contributed by atoms with Crippen molar-refractivity contribution in [2.24, 2.45) is 0 Å². The van der Waals surface area contributed by atoms with Crippen LogP contribution in [0.3, 0.4) is 0 Å². The van der Waals surface area contributed by atoms with Gasteiger partial charge >= 0.3 is 0 Å². The maximum Gasteiger partial charge on any atom is 0.0811 e. The molecule has 0 aliphatic carbocycles. The first-order valence-electron chi connectivity index (χ1n) is 1.96. The number of ether oxygens (including phenoxy) is 1. The predicted octanol–water partition coefficient (Wildman–Crippen LogP) is 1.29. The molecule has 1 fully saturated rings. The summed E-state index contributed by atoms with van der Waals surface area (Å²) in [6, 6.07) is 0. The monoisotopic (exact) mass is 76.1 g/mol. The highest BCUT2D eigenvalue weighted by Gasteiger charge is 2.27. The van der Waals surface area contributed by atoms with E-state index in [2.05, 4.69) is 13.8 Å². The Labute approximate surface area is 34.9 Å². The highest BCUT2D eigenvalue weighted by atomic mass is 16.6. The van der Waals surface area contributed by atoms with Gasteiger partial charge in [-0.25, -0.2) is 0 Å². The van der Waals surface area contributed by atoms with Crippen LogP contribution in [0.15, 0.2) is 0 Å². The Bertz CT molecular complexity index is 43.0. The Morgan fingerprint density at radius 2 is 1.60 bits per heavy atom. The van der Waals surface area contributed by atoms with Crippen LogP contribution in [0, 0.1) is 0 Å². The molecular formula is C4H12O. The molecule has 1 heteroatoms. The molecule has 1 aliphatic rings. The lowest BCUT2D eigenvalue weighted by Gasteiger charge is -1.57. The summed E-state index contributed by atoms with van der Waals surface area (Å²) in [4.78, 5) is 0. The van der Waals surface area contributed by atoms with Crippen molar-refractivity contribution in [2.45, 2.75) is 26.1 Å². The van der Waals surface area contributed by atoms with Gasteiger partial charge < -0.3 is 4.74 Å². The standard InChI is InChI=1S/C4H8O.2H2/c1-3-4(2)5-3;;/h3-4H,1-2H3;2*1H/t3-,4?;;/m0../s1. The second-order valence-electron chi connectivity index (χ2n) is 1.55. The number of epoxide rings is 1. The molecule has 1 unspecified atom stereocenters. The van der Waals surface area contributed by atoms with E-state index in [0.717, 1.165) is 0 Å². The minimum Gasteiger partial charge on any atom is -0.370 e. The van der Waals surface area contributed by atoms with Crippen molar-refractivity contribution >= 4 is 0 Å². The molecule has 1 saturated heterocycles. The lowest BCUT2D eigenvalue weighted by molar-refractivity contribution is 0.389. The molecule has 0 aromatic heterocycles. The third-order valence-corrected chi connectivity index (χ3v) is 1.01. The molecule has 0 amide bonds. The molecule has 0 bridgehead atoms. The lowest BCUT2D eigenvalue weighted by atomic mass is 10.4. The van der Waals surface area contributed by atoms with Crippen molar-refractivity contribution in [3.05, 3.63) is 0 Å². The SMILES string of the molecule is CC1O[C@H]1C.[HH].[HH]. The summed E-state index contributed by atoms with van der Waals surface area (Å²) in [5, 5.41) is 0. The van der Waals surface area contributed by atoms with E-state index in [1.54, 1.807) is 0 Å². The highest BCUT2D eigenvalue weighted by molar-refractivity contribution is 4.73. The molecule has 0 aromatic carbocycles. The number of rotatable bonds is 0. The van der Waals surface area contributed by atoms with Gasteiger partial charge in [0, 0.05) is 2.85 Å². The Morgan fingerprint density at radius 3 is 1.60 bits per heavy atom. The molecule has 1 nitrogen and oxygen atoms in total. The van der Waals surface area contributed by atoms with E-state index in [-0.39, 0.29) is 2.85 Å². The van der Waals surface area contributed by atoms with Crippen LogP contribution in [0.4, 0.5) is 0 Å². The maximum absolute atomic E-state index is 4.92. The van der Waals surface area contributed by atoms with Crippen LogP contribution in [0.1, 0.15) is 16.7 Å². The molecule has 0 spiro atoms. The van der Waals surface area contributed by atoms with Crippen LogP contribution in [0.25, 0.3) is 0 Å². The fraction of sp³-hybridized carbons (Fsp3) is 1.00. The molecule has 0 N–H and O–H groups in total. The van der Waals surface area contributed by atoms with Gasteiger partial charge in [0.15, 0.2) is 0 Å². The molecule has 0 aromatic rings. The van der Waals surface area contributed by atoms with E-state index in [9.17, 15) is 0 Å². The van der Waals surface area contributed by atoms with Gasteiger partial charge in [0.1, 0.15) is 0 Å². The zero-order valence-corrected chi connectivity index (χ0v) is 3.56. The molecule has 1 aliphatic heterocycles. The quantitative estimate of drug-likeness (QED) is 0.396. The van der Waals surface area contributed by atoms with Gasteiger partial charge in [-0.15, -0.1) is 0 Å². The third kappa shape index (κ3) is 0.428. The summed E-state index contributed by atoms with van der Waals surface area (Å²) in [6.45, 7) is 4.15. The number of hydrogen-bond acceptors (Lipinski definition) is 1. The minimum absolute atomic E-state index is 0. The van der Waals surface area contributed by atoms with Crippen LogP contribution < -0.4 is 0 Å². The summed E-state index contributed by atoms with van der Waals surface area (Å²) < 4.78 is 4.92. The fourth-order valence-electron chi connectivity index (χ4n) is 0.293. The summed E-state index contributed by atoms with van der Waals surface area (Å²) in [5.41, 5.74) is 0.